The minimum absolute atomic E-state index is 0.768. The van der Waals surface area contributed by atoms with Crippen molar-refractivity contribution in [2.24, 2.45) is 0 Å². The van der Waals surface area contributed by atoms with Gasteiger partial charge in [-0.25, -0.2) is 4.98 Å². The van der Waals surface area contributed by atoms with Gasteiger partial charge < -0.3 is 5.73 Å². The number of hydrogen-bond donors (Lipinski definition) is 1. The Kier molecular flexibility index (Phi) is 3.05. The van der Waals surface area contributed by atoms with Crippen LogP contribution in [0.5, 0.6) is 0 Å². The number of thiazole rings is 1. The SMILES string of the molecule is Nc1ccc2ccc(-c3nc(-c4cnccn4)cs3)cc2c1. The Morgan fingerprint density at radius 1 is 0.909 bits per heavy atom. The highest BCUT2D eigenvalue weighted by Crippen LogP contribution is 2.30. The van der Waals surface area contributed by atoms with Gasteiger partial charge >= 0.3 is 0 Å². The zero-order valence-corrected chi connectivity index (χ0v) is 12.4. The van der Waals surface area contributed by atoms with Crippen molar-refractivity contribution in [2.45, 2.75) is 0 Å². The molecule has 2 N–H and O–H groups in total. The summed E-state index contributed by atoms with van der Waals surface area (Å²) in [6.07, 6.45) is 5.05. The molecule has 0 aliphatic rings. The predicted molar refractivity (Wildman–Crippen MR) is 90.5 cm³/mol. The van der Waals surface area contributed by atoms with E-state index in [1.807, 2.05) is 23.6 Å². The van der Waals surface area contributed by atoms with E-state index in [1.165, 1.54) is 5.39 Å². The van der Waals surface area contributed by atoms with Crippen molar-refractivity contribution >= 4 is 27.8 Å². The van der Waals surface area contributed by atoms with Crippen LogP contribution in [-0.4, -0.2) is 15.0 Å². The minimum atomic E-state index is 0.768. The zero-order chi connectivity index (χ0) is 14.9. The van der Waals surface area contributed by atoms with Gasteiger partial charge in [0.15, 0.2) is 0 Å². The molecule has 0 unspecified atom stereocenters. The fraction of sp³-hybridized carbons (Fsp3) is 0. The van der Waals surface area contributed by atoms with Crippen molar-refractivity contribution in [1.82, 2.24) is 15.0 Å². The molecule has 4 rings (SSSR count). The Hall–Kier alpha value is -2.79. The highest BCUT2D eigenvalue weighted by molar-refractivity contribution is 7.13. The summed E-state index contributed by atoms with van der Waals surface area (Å²) in [5, 5.41) is 5.26. The van der Waals surface area contributed by atoms with E-state index in [0.717, 1.165) is 33.0 Å². The van der Waals surface area contributed by atoms with Crippen molar-refractivity contribution in [2.75, 3.05) is 5.73 Å². The number of nitrogens with two attached hydrogens (primary N) is 1. The van der Waals surface area contributed by atoms with Crippen LogP contribution in [0, 0.1) is 0 Å². The molecule has 0 amide bonds. The average Bonchev–Trinajstić information content (AvgIpc) is 3.05. The fourth-order valence-corrected chi connectivity index (χ4v) is 3.16. The molecular formula is C17H12N4S. The van der Waals surface area contributed by atoms with Gasteiger partial charge in [-0.2, -0.15) is 0 Å². The first kappa shape index (κ1) is 12.9. The molecule has 4 aromatic rings. The summed E-state index contributed by atoms with van der Waals surface area (Å²) < 4.78 is 0. The van der Waals surface area contributed by atoms with Gasteiger partial charge in [-0.3, -0.25) is 9.97 Å². The number of aromatic nitrogens is 3. The van der Waals surface area contributed by atoms with Crippen LogP contribution in [-0.2, 0) is 0 Å². The van der Waals surface area contributed by atoms with Crippen LogP contribution < -0.4 is 5.73 Å². The molecule has 0 spiro atoms. The lowest BCUT2D eigenvalue weighted by atomic mass is 10.1. The van der Waals surface area contributed by atoms with Crippen molar-refractivity contribution in [1.29, 1.82) is 0 Å². The largest absolute Gasteiger partial charge is 0.399 e. The number of fused-ring (bicyclic) bond motifs is 1. The van der Waals surface area contributed by atoms with E-state index < -0.39 is 0 Å². The van der Waals surface area contributed by atoms with E-state index in [-0.39, 0.29) is 0 Å². The van der Waals surface area contributed by atoms with E-state index in [0.29, 0.717) is 0 Å². The molecule has 0 aliphatic heterocycles. The van der Waals surface area contributed by atoms with Crippen LogP contribution in [0.15, 0.2) is 60.4 Å². The Morgan fingerprint density at radius 3 is 2.68 bits per heavy atom. The molecule has 5 heteroatoms. The van der Waals surface area contributed by atoms with E-state index in [2.05, 4.69) is 33.2 Å². The van der Waals surface area contributed by atoms with E-state index in [9.17, 15) is 0 Å². The monoisotopic (exact) mass is 304 g/mol. The van der Waals surface area contributed by atoms with Crippen LogP contribution in [0.3, 0.4) is 0 Å². The van der Waals surface area contributed by atoms with Crippen molar-refractivity contribution in [3.05, 3.63) is 60.4 Å². The molecule has 2 heterocycles. The molecule has 2 aromatic heterocycles. The van der Waals surface area contributed by atoms with Crippen LogP contribution >= 0.6 is 11.3 Å². The summed E-state index contributed by atoms with van der Waals surface area (Å²) in [7, 11) is 0. The van der Waals surface area contributed by atoms with Gasteiger partial charge in [0.25, 0.3) is 0 Å². The Labute approximate surface area is 131 Å². The molecule has 0 aliphatic carbocycles. The maximum absolute atomic E-state index is 5.86. The van der Waals surface area contributed by atoms with Crippen molar-refractivity contribution in [3.63, 3.8) is 0 Å². The highest BCUT2D eigenvalue weighted by Gasteiger charge is 2.08. The maximum Gasteiger partial charge on any atom is 0.124 e. The van der Waals surface area contributed by atoms with E-state index in [1.54, 1.807) is 29.9 Å². The van der Waals surface area contributed by atoms with Gasteiger partial charge in [-0.15, -0.1) is 11.3 Å². The number of hydrogen-bond acceptors (Lipinski definition) is 5. The molecule has 0 saturated carbocycles. The second kappa shape index (κ2) is 5.20. The second-order valence-corrected chi connectivity index (χ2v) is 5.81. The molecule has 0 atom stereocenters. The van der Waals surface area contributed by atoms with Gasteiger partial charge in [0, 0.05) is 29.0 Å². The lowest BCUT2D eigenvalue weighted by molar-refractivity contribution is 1.19. The van der Waals surface area contributed by atoms with E-state index >= 15 is 0 Å². The first-order chi connectivity index (χ1) is 10.8. The summed E-state index contributed by atoms with van der Waals surface area (Å²) in [5.74, 6) is 0. The van der Waals surface area contributed by atoms with Crippen molar-refractivity contribution in [3.8, 4) is 22.0 Å². The lowest BCUT2D eigenvalue weighted by Gasteiger charge is -2.02. The van der Waals surface area contributed by atoms with Crippen LogP contribution in [0.4, 0.5) is 5.69 Å². The number of nitrogens with zero attached hydrogens (tertiary/aromatic N) is 3. The molecule has 0 bridgehead atoms. The third-order valence-corrected chi connectivity index (χ3v) is 4.33. The molecular weight excluding hydrogens is 292 g/mol. The quantitative estimate of drug-likeness (QED) is 0.568. The number of benzene rings is 2. The molecule has 106 valence electrons. The zero-order valence-electron chi connectivity index (χ0n) is 11.6. The molecule has 2 aromatic carbocycles. The summed E-state index contributed by atoms with van der Waals surface area (Å²) >= 11 is 1.60. The first-order valence-electron chi connectivity index (χ1n) is 6.81. The topological polar surface area (TPSA) is 64.7 Å². The summed E-state index contributed by atoms with van der Waals surface area (Å²) in [5.41, 5.74) is 9.35. The van der Waals surface area contributed by atoms with Crippen LogP contribution in [0.2, 0.25) is 0 Å². The third-order valence-electron chi connectivity index (χ3n) is 3.44. The summed E-state index contributed by atoms with van der Waals surface area (Å²) in [6.45, 7) is 0. The van der Waals surface area contributed by atoms with E-state index in [4.69, 9.17) is 5.73 Å². The van der Waals surface area contributed by atoms with Gasteiger partial charge in [0.05, 0.1) is 6.20 Å². The first-order valence-corrected chi connectivity index (χ1v) is 7.69. The maximum atomic E-state index is 5.86. The molecule has 0 radical (unpaired) electrons. The van der Waals surface area contributed by atoms with Crippen LogP contribution in [0.1, 0.15) is 0 Å². The molecule has 0 saturated heterocycles. The van der Waals surface area contributed by atoms with Gasteiger partial charge in [0.2, 0.25) is 0 Å². The Morgan fingerprint density at radius 2 is 1.82 bits per heavy atom. The number of rotatable bonds is 2. The predicted octanol–water partition coefficient (Wildman–Crippen LogP) is 4.00. The minimum Gasteiger partial charge on any atom is -0.399 e. The fourth-order valence-electron chi connectivity index (χ4n) is 2.35. The van der Waals surface area contributed by atoms with Gasteiger partial charge in [-0.05, 0) is 29.0 Å². The summed E-state index contributed by atoms with van der Waals surface area (Å²) in [6, 6.07) is 12.2. The van der Waals surface area contributed by atoms with Gasteiger partial charge in [0.1, 0.15) is 16.4 Å². The second-order valence-electron chi connectivity index (χ2n) is 4.95. The molecule has 22 heavy (non-hydrogen) atoms. The molecule has 0 fully saturated rings. The lowest BCUT2D eigenvalue weighted by Crippen LogP contribution is -1.86. The van der Waals surface area contributed by atoms with Crippen LogP contribution in [0.25, 0.3) is 32.7 Å². The number of anilines is 1. The smallest absolute Gasteiger partial charge is 0.124 e. The standard InChI is InChI=1S/C17H12N4S/c18-14-4-3-11-1-2-12(7-13(11)8-14)17-21-16(10-22-17)15-9-19-5-6-20-15/h1-10H,18H2. The molecule has 4 nitrogen and oxygen atoms in total. The normalized spacial score (nSPS) is 10.9. The third kappa shape index (κ3) is 2.31. The average molecular weight is 304 g/mol. The highest BCUT2D eigenvalue weighted by atomic mass is 32.1. The Bertz CT molecular complexity index is 947. The van der Waals surface area contributed by atoms with Gasteiger partial charge in [-0.1, -0.05) is 18.2 Å². The van der Waals surface area contributed by atoms with Crippen molar-refractivity contribution < 1.29 is 0 Å². The Balaban J connectivity index is 1.77. The summed E-state index contributed by atoms with van der Waals surface area (Å²) in [4.78, 5) is 13.0. The number of nitrogen functional groups attached to an aromatic ring is 1.